The molecule has 10 heteroatoms. The largest absolute Gasteiger partial charge is 0.417 e. The van der Waals surface area contributed by atoms with Gasteiger partial charge in [-0.2, -0.15) is 19.0 Å². The van der Waals surface area contributed by atoms with Crippen molar-refractivity contribution in [1.29, 1.82) is 0 Å². The molecule has 1 amide bonds. The molecule has 0 aliphatic carbocycles. The zero-order valence-electron chi connectivity index (χ0n) is 16.6. The van der Waals surface area contributed by atoms with Crippen molar-refractivity contribution in [2.45, 2.75) is 39.5 Å². The molecule has 0 aromatic carbocycles. The monoisotopic (exact) mass is 396 g/mol. The Bertz CT molecular complexity index is 818. The van der Waals surface area contributed by atoms with E-state index in [0.717, 1.165) is 29.9 Å². The van der Waals surface area contributed by atoms with Crippen LogP contribution in [0.2, 0.25) is 0 Å². The molecular formula is C18H26F2N6O2. The Morgan fingerprint density at radius 3 is 2.50 bits per heavy atom. The third-order valence-electron chi connectivity index (χ3n) is 4.65. The maximum atomic E-state index is 12.6. The molecule has 0 spiro atoms. The fraction of sp³-hybridized carbons (Fsp3) is 0.611. The van der Waals surface area contributed by atoms with Gasteiger partial charge in [-0.05, 0) is 20.8 Å². The van der Waals surface area contributed by atoms with E-state index in [1.54, 1.807) is 4.90 Å². The molecule has 154 valence electrons. The highest BCUT2D eigenvalue weighted by Crippen LogP contribution is 2.18. The van der Waals surface area contributed by atoms with Crippen LogP contribution in [0, 0.1) is 0 Å². The quantitative estimate of drug-likeness (QED) is 0.773. The predicted octanol–water partition coefficient (Wildman–Crippen LogP) is 1.93. The Kier molecular flexibility index (Phi) is 5.69. The molecule has 1 fully saturated rings. The molecule has 0 bridgehead atoms. The number of carbonyl (C=O) groups is 1. The number of amides is 1. The van der Waals surface area contributed by atoms with Gasteiger partial charge >= 0.3 is 6.61 Å². The van der Waals surface area contributed by atoms with Gasteiger partial charge in [0, 0.05) is 57.6 Å². The van der Waals surface area contributed by atoms with Crippen molar-refractivity contribution in [3.63, 3.8) is 0 Å². The number of halogens is 2. The number of ether oxygens (including phenoxy) is 1. The molecule has 1 aliphatic rings. The first kappa shape index (κ1) is 20.2. The SMILES string of the molecule is Cn1nc(C(=O)N2CCN(Cc3cnn(C(C)(C)C)c3)CC2)cc1OC(F)F. The first-order chi connectivity index (χ1) is 13.1. The van der Waals surface area contributed by atoms with Crippen LogP contribution in [-0.2, 0) is 19.1 Å². The minimum absolute atomic E-state index is 0.0566. The summed E-state index contributed by atoms with van der Waals surface area (Å²) in [6, 6.07) is 1.25. The highest BCUT2D eigenvalue weighted by molar-refractivity contribution is 5.92. The van der Waals surface area contributed by atoms with E-state index in [9.17, 15) is 13.6 Å². The van der Waals surface area contributed by atoms with Crippen LogP contribution in [0.15, 0.2) is 18.5 Å². The fourth-order valence-corrected chi connectivity index (χ4v) is 3.09. The van der Waals surface area contributed by atoms with E-state index in [0.29, 0.717) is 13.1 Å². The summed E-state index contributed by atoms with van der Waals surface area (Å²) in [5, 5.41) is 8.41. The minimum atomic E-state index is -2.95. The lowest BCUT2D eigenvalue weighted by Crippen LogP contribution is -2.48. The third kappa shape index (κ3) is 4.67. The van der Waals surface area contributed by atoms with E-state index in [-0.39, 0.29) is 23.0 Å². The number of aromatic nitrogens is 4. The van der Waals surface area contributed by atoms with Gasteiger partial charge < -0.3 is 9.64 Å². The van der Waals surface area contributed by atoms with Crippen molar-refractivity contribution in [3.8, 4) is 5.88 Å². The van der Waals surface area contributed by atoms with Crippen LogP contribution in [-0.4, -0.2) is 68.1 Å². The van der Waals surface area contributed by atoms with Crippen LogP contribution in [0.5, 0.6) is 5.88 Å². The number of carbonyl (C=O) groups excluding carboxylic acids is 1. The summed E-state index contributed by atoms with van der Waals surface area (Å²) in [5.74, 6) is -0.409. The van der Waals surface area contributed by atoms with Crippen LogP contribution in [0.1, 0.15) is 36.8 Å². The number of hydrogen-bond donors (Lipinski definition) is 0. The predicted molar refractivity (Wildman–Crippen MR) is 98.2 cm³/mol. The van der Waals surface area contributed by atoms with Gasteiger partial charge in [0.15, 0.2) is 5.69 Å². The molecule has 8 nitrogen and oxygen atoms in total. The number of rotatable bonds is 5. The Morgan fingerprint density at radius 1 is 1.25 bits per heavy atom. The summed E-state index contributed by atoms with van der Waals surface area (Å²) in [4.78, 5) is 16.6. The molecule has 0 unspecified atom stereocenters. The van der Waals surface area contributed by atoms with Gasteiger partial charge in [-0.3, -0.25) is 14.4 Å². The smallest absolute Gasteiger partial charge is 0.388 e. The van der Waals surface area contributed by atoms with Gasteiger partial charge in [-0.25, -0.2) is 4.68 Å². The molecule has 3 rings (SSSR count). The van der Waals surface area contributed by atoms with Gasteiger partial charge in [0.25, 0.3) is 5.91 Å². The second-order valence-electron chi connectivity index (χ2n) is 7.90. The number of alkyl halides is 2. The second kappa shape index (κ2) is 7.86. The summed E-state index contributed by atoms with van der Waals surface area (Å²) in [5.41, 5.74) is 1.19. The maximum absolute atomic E-state index is 12.6. The molecule has 1 saturated heterocycles. The van der Waals surface area contributed by atoms with Crippen molar-refractivity contribution in [3.05, 3.63) is 29.7 Å². The lowest BCUT2D eigenvalue weighted by atomic mass is 10.1. The Hall–Kier alpha value is -2.49. The summed E-state index contributed by atoms with van der Waals surface area (Å²) in [6.45, 7) is 6.66. The lowest BCUT2D eigenvalue weighted by Gasteiger charge is -2.34. The maximum Gasteiger partial charge on any atom is 0.388 e. The second-order valence-corrected chi connectivity index (χ2v) is 7.90. The van der Waals surface area contributed by atoms with E-state index in [1.807, 2.05) is 10.9 Å². The number of hydrogen-bond acceptors (Lipinski definition) is 5. The first-order valence-electron chi connectivity index (χ1n) is 9.18. The molecule has 3 heterocycles. The van der Waals surface area contributed by atoms with E-state index in [4.69, 9.17) is 0 Å². The standard InChI is InChI=1S/C18H26F2N6O2/c1-18(2,3)26-12-13(10-21-26)11-24-5-7-25(8-6-24)16(27)14-9-15(23(4)22-14)28-17(19)20/h9-10,12,17H,5-8,11H2,1-4H3. The van der Waals surface area contributed by atoms with Crippen LogP contribution in [0.25, 0.3) is 0 Å². The van der Waals surface area contributed by atoms with Crippen molar-refractivity contribution in [2.75, 3.05) is 26.2 Å². The van der Waals surface area contributed by atoms with Crippen LogP contribution in [0.4, 0.5) is 8.78 Å². The zero-order valence-corrected chi connectivity index (χ0v) is 16.6. The van der Waals surface area contributed by atoms with Crippen LogP contribution >= 0.6 is 0 Å². The third-order valence-corrected chi connectivity index (χ3v) is 4.65. The summed E-state index contributed by atoms with van der Waals surface area (Å²) in [7, 11) is 1.46. The Labute approximate surface area is 162 Å². The molecule has 28 heavy (non-hydrogen) atoms. The molecule has 2 aromatic heterocycles. The van der Waals surface area contributed by atoms with Crippen molar-refractivity contribution < 1.29 is 18.3 Å². The van der Waals surface area contributed by atoms with E-state index in [2.05, 4.69) is 46.8 Å². The average Bonchev–Trinajstić information content (AvgIpc) is 3.22. The van der Waals surface area contributed by atoms with Crippen LogP contribution < -0.4 is 4.74 Å². The van der Waals surface area contributed by atoms with Crippen molar-refractivity contribution in [2.24, 2.45) is 7.05 Å². The zero-order chi connectivity index (χ0) is 20.5. The van der Waals surface area contributed by atoms with E-state index >= 15 is 0 Å². The lowest BCUT2D eigenvalue weighted by molar-refractivity contribution is -0.0553. The first-order valence-corrected chi connectivity index (χ1v) is 9.18. The molecule has 1 aliphatic heterocycles. The van der Waals surface area contributed by atoms with Crippen molar-refractivity contribution >= 4 is 5.91 Å². The highest BCUT2D eigenvalue weighted by Gasteiger charge is 2.25. The molecule has 2 aromatic rings. The highest BCUT2D eigenvalue weighted by atomic mass is 19.3. The Balaban J connectivity index is 1.55. The molecular weight excluding hydrogens is 370 g/mol. The van der Waals surface area contributed by atoms with Crippen LogP contribution in [0.3, 0.4) is 0 Å². The normalized spacial score (nSPS) is 16.0. The topological polar surface area (TPSA) is 68.4 Å². The fourth-order valence-electron chi connectivity index (χ4n) is 3.09. The minimum Gasteiger partial charge on any atom is -0.417 e. The summed E-state index contributed by atoms with van der Waals surface area (Å²) < 4.78 is 32.2. The number of aryl methyl sites for hydroxylation is 1. The molecule has 0 N–H and O–H groups in total. The van der Waals surface area contributed by atoms with Gasteiger partial charge in [0.2, 0.25) is 5.88 Å². The Morgan fingerprint density at radius 2 is 1.93 bits per heavy atom. The number of nitrogens with zero attached hydrogens (tertiary/aromatic N) is 6. The number of piperazine rings is 1. The van der Waals surface area contributed by atoms with Gasteiger partial charge in [-0.15, -0.1) is 0 Å². The molecule has 0 saturated carbocycles. The van der Waals surface area contributed by atoms with Gasteiger partial charge in [0.05, 0.1) is 11.7 Å². The summed E-state index contributed by atoms with van der Waals surface area (Å²) in [6.07, 6.45) is 3.93. The molecule has 0 atom stereocenters. The average molecular weight is 396 g/mol. The van der Waals surface area contributed by atoms with E-state index < -0.39 is 6.61 Å². The summed E-state index contributed by atoms with van der Waals surface area (Å²) >= 11 is 0. The van der Waals surface area contributed by atoms with E-state index in [1.165, 1.54) is 13.1 Å². The van der Waals surface area contributed by atoms with Gasteiger partial charge in [-0.1, -0.05) is 0 Å². The van der Waals surface area contributed by atoms with Crippen molar-refractivity contribution in [1.82, 2.24) is 29.4 Å². The van der Waals surface area contributed by atoms with Gasteiger partial charge in [0.1, 0.15) is 0 Å². The molecule has 0 radical (unpaired) electrons.